The summed E-state index contributed by atoms with van der Waals surface area (Å²) < 4.78 is 0. The summed E-state index contributed by atoms with van der Waals surface area (Å²) in [6, 6.07) is 9.43. The predicted octanol–water partition coefficient (Wildman–Crippen LogP) is 3.06. The second-order valence-corrected chi connectivity index (χ2v) is 6.68. The fourth-order valence-electron chi connectivity index (χ4n) is 2.38. The molecule has 1 atom stereocenters. The fourth-order valence-corrected chi connectivity index (χ4v) is 4.07. The molecule has 1 unspecified atom stereocenters. The fraction of sp³-hybridized carbons (Fsp3) is 0.538. The summed E-state index contributed by atoms with van der Waals surface area (Å²) in [6.07, 6.45) is 3.50. The van der Waals surface area contributed by atoms with Gasteiger partial charge in [0.15, 0.2) is 0 Å². The van der Waals surface area contributed by atoms with Crippen LogP contribution in [-0.4, -0.2) is 23.2 Å². The van der Waals surface area contributed by atoms with Crippen molar-refractivity contribution in [3.63, 3.8) is 0 Å². The average molecular weight is 254 g/mol. The molecule has 16 heavy (non-hydrogen) atoms. The predicted molar refractivity (Wildman–Crippen MR) is 70.5 cm³/mol. The zero-order valence-corrected chi connectivity index (χ0v) is 10.7. The van der Waals surface area contributed by atoms with Gasteiger partial charge in [-0.2, -0.15) is 0 Å². The van der Waals surface area contributed by atoms with Gasteiger partial charge in [0.2, 0.25) is 0 Å². The topological polar surface area (TPSA) is 12.0 Å². The smallest absolute Gasteiger partial charge is 0.0365 e. The second-order valence-electron chi connectivity index (χ2n) is 4.73. The number of halogens is 1. The lowest BCUT2D eigenvalue weighted by molar-refractivity contribution is 0.347. The van der Waals surface area contributed by atoms with Crippen LogP contribution in [0.15, 0.2) is 29.2 Å². The molecule has 3 rings (SSSR count). The Kier molecular flexibility index (Phi) is 3.14. The average Bonchev–Trinajstić information content (AvgIpc) is 2.65. The van der Waals surface area contributed by atoms with E-state index in [9.17, 15) is 0 Å². The van der Waals surface area contributed by atoms with E-state index in [2.05, 4.69) is 29.6 Å². The summed E-state index contributed by atoms with van der Waals surface area (Å²) >= 11 is 7.98. The molecular formula is C13H16ClNS. The van der Waals surface area contributed by atoms with E-state index in [0.29, 0.717) is 16.7 Å². The van der Waals surface area contributed by atoms with Gasteiger partial charge in [-0.3, -0.25) is 0 Å². The number of nitrogens with one attached hydrogen (secondary N) is 1. The first kappa shape index (κ1) is 10.9. The lowest BCUT2D eigenvalue weighted by atomic mass is 9.92. The second kappa shape index (κ2) is 4.59. The number of alkyl halides is 1. The van der Waals surface area contributed by atoms with Crippen LogP contribution in [0.5, 0.6) is 0 Å². The minimum absolute atomic E-state index is 0.422. The molecule has 0 saturated heterocycles. The molecular weight excluding hydrogens is 238 g/mol. The van der Waals surface area contributed by atoms with E-state index in [1.165, 1.54) is 16.9 Å². The molecule has 0 radical (unpaired) electrons. The Morgan fingerprint density at radius 3 is 2.88 bits per heavy atom. The Bertz CT molecular complexity index is 351. The molecule has 1 aliphatic carbocycles. The number of thioether (sulfide) groups is 1. The van der Waals surface area contributed by atoms with Gasteiger partial charge in [-0.25, -0.2) is 0 Å². The zero-order valence-electron chi connectivity index (χ0n) is 9.16. The molecule has 1 fully saturated rings. The van der Waals surface area contributed by atoms with Gasteiger partial charge in [-0.15, -0.1) is 23.4 Å². The van der Waals surface area contributed by atoms with Gasteiger partial charge in [0, 0.05) is 28.1 Å². The molecule has 1 N–H and O–H groups in total. The summed E-state index contributed by atoms with van der Waals surface area (Å²) in [6.45, 7) is 1.12. The standard InChI is InChI=1S/C13H16ClNS/c14-10-6-11(7-10)15-8-12-5-9-3-1-2-4-13(9)16-12/h1-4,10-12,15H,5-8H2. The molecule has 2 aliphatic rings. The molecule has 1 saturated carbocycles. The van der Waals surface area contributed by atoms with E-state index in [1.807, 2.05) is 11.8 Å². The first-order valence-corrected chi connectivity index (χ1v) is 7.25. The SMILES string of the molecule is ClC1CC(NCC2Cc3ccccc3S2)C1. The van der Waals surface area contributed by atoms with E-state index >= 15 is 0 Å². The Hall–Kier alpha value is -0.180. The van der Waals surface area contributed by atoms with Crippen LogP contribution in [0.4, 0.5) is 0 Å². The first-order valence-electron chi connectivity index (χ1n) is 5.93. The van der Waals surface area contributed by atoms with Gasteiger partial charge < -0.3 is 5.32 Å². The van der Waals surface area contributed by atoms with Crippen LogP contribution in [0, 0.1) is 0 Å². The Balaban J connectivity index is 1.49. The van der Waals surface area contributed by atoms with Crippen LogP contribution in [0.1, 0.15) is 18.4 Å². The van der Waals surface area contributed by atoms with Crippen LogP contribution in [0.2, 0.25) is 0 Å². The van der Waals surface area contributed by atoms with Gasteiger partial charge in [-0.1, -0.05) is 18.2 Å². The third-order valence-corrected chi connectivity index (χ3v) is 5.10. The van der Waals surface area contributed by atoms with Crippen molar-refractivity contribution >= 4 is 23.4 Å². The summed E-state index contributed by atoms with van der Waals surface area (Å²) in [5.74, 6) is 0. The minimum atomic E-state index is 0.422. The molecule has 1 aliphatic heterocycles. The van der Waals surface area contributed by atoms with Crippen LogP contribution < -0.4 is 5.32 Å². The van der Waals surface area contributed by atoms with E-state index in [4.69, 9.17) is 11.6 Å². The lowest BCUT2D eigenvalue weighted by Gasteiger charge is -2.32. The highest BCUT2D eigenvalue weighted by atomic mass is 35.5. The van der Waals surface area contributed by atoms with Crippen LogP contribution in [-0.2, 0) is 6.42 Å². The molecule has 86 valence electrons. The molecule has 0 amide bonds. The van der Waals surface area contributed by atoms with Gasteiger partial charge in [0.05, 0.1) is 0 Å². The highest BCUT2D eigenvalue weighted by molar-refractivity contribution is 8.00. The van der Waals surface area contributed by atoms with Crippen molar-refractivity contribution in [3.8, 4) is 0 Å². The Morgan fingerprint density at radius 1 is 1.31 bits per heavy atom. The van der Waals surface area contributed by atoms with Crippen molar-refractivity contribution in [1.82, 2.24) is 5.32 Å². The monoisotopic (exact) mass is 253 g/mol. The molecule has 3 heteroatoms. The summed E-state index contributed by atoms with van der Waals surface area (Å²) in [4.78, 5) is 1.47. The van der Waals surface area contributed by atoms with E-state index in [0.717, 1.165) is 19.4 Å². The van der Waals surface area contributed by atoms with E-state index in [1.54, 1.807) is 0 Å². The number of benzene rings is 1. The van der Waals surface area contributed by atoms with Crippen LogP contribution in [0.3, 0.4) is 0 Å². The number of hydrogen-bond donors (Lipinski definition) is 1. The van der Waals surface area contributed by atoms with E-state index < -0.39 is 0 Å². The maximum Gasteiger partial charge on any atom is 0.0365 e. The molecule has 0 spiro atoms. The number of hydrogen-bond acceptors (Lipinski definition) is 2. The first-order chi connectivity index (χ1) is 7.81. The zero-order chi connectivity index (χ0) is 11.0. The van der Waals surface area contributed by atoms with Crippen molar-refractivity contribution in [2.75, 3.05) is 6.54 Å². The third-order valence-electron chi connectivity index (χ3n) is 3.43. The maximum absolute atomic E-state index is 5.97. The van der Waals surface area contributed by atoms with Crippen molar-refractivity contribution in [2.45, 2.75) is 40.8 Å². The molecule has 0 aromatic heterocycles. The summed E-state index contributed by atoms with van der Waals surface area (Å²) in [5, 5.41) is 4.76. The number of fused-ring (bicyclic) bond motifs is 1. The molecule has 1 aromatic rings. The number of rotatable bonds is 3. The van der Waals surface area contributed by atoms with E-state index in [-0.39, 0.29) is 0 Å². The summed E-state index contributed by atoms with van der Waals surface area (Å²) in [7, 11) is 0. The van der Waals surface area contributed by atoms with Gasteiger partial charge in [-0.05, 0) is 30.9 Å². The van der Waals surface area contributed by atoms with Crippen molar-refractivity contribution in [3.05, 3.63) is 29.8 Å². The van der Waals surface area contributed by atoms with Gasteiger partial charge in [0.25, 0.3) is 0 Å². The van der Waals surface area contributed by atoms with Gasteiger partial charge in [0.1, 0.15) is 0 Å². The highest BCUT2D eigenvalue weighted by Crippen LogP contribution is 2.36. The lowest BCUT2D eigenvalue weighted by Crippen LogP contribution is -2.44. The highest BCUT2D eigenvalue weighted by Gasteiger charge is 2.28. The van der Waals surface area contributed by atoms with Gasteiger partial charge >= 0.3 is 0 Å². The summed E-state index contributed by atoms with van der Waals surface area (Å²) in [5.41, 5.74) is 1.52. The van der Waals surface area contributed by atoms with Crippen molar-refractivity contribution in [2.24, 2.45) is 0 Å². The van der Waals surface area contributed by atoms with Crippen LogP contribution >= 0.6 is 23.4 Å². The van der Waals surface area contributed by atoms with Crippen molar-refractivity contribution in [1.29, 1.82) is 0 Å². The Labute approximate surface area is 106 Å². The maximum atomic E-state index is 5.97. The third kappa shape index (κ3) is 2.24. The molecule has 1 heterocycles. The minimum Gasteiger partial charge on any atom is -0.313 e. The Morgan fingerprint density at radius 2 is 2.12 bits per heavy atom. The molecule has 1 aromatic carbocycles. The van der Waals surface area contributed by atoms with Crippen LogP contribution in [0.25, 0.3) is 0 Å². The van der Waals surface area contributed by atoms with Crippen molar-refractivity contribution < 1.29 is 0 Å². The largest absolute Gasteiger partial charge is 0.313 e. The molecule has 0 bridgehead atoms. The quantitative estimate of drug-likeness (QED) is 0.831. The normalized spacial score (nSPS) is 32.2. The molecule has 1 nitrogen and oxygen atoms in total.